The van der Waals surface area contributed by atoms with Crippen LogP contribution in [-0.4, -0.2) is 106 Å². The number of benzene rings is 2. The summed E-state index contributed by atoms with van der Waals surface area (Å²) in [7, 11) is 6.51. The van der Waals surface area contributed by atoms with Crippen molar-refractivity contribution in [3.05, 3.63) is 57.1 Å². The molecule has 2 fully saturated rings. The van der Waals surface area contributed by atoms with E-state index in [4.69, 9.17) is 5.73 Å². The molecule has 278 valence electrons. The maximum Gasteiger partial charge on any atom is 0.322 e. The van der Waals surface area contributed by atoms with Crippen LogP contribution in [0.3, 0.4) is 0 Å². The van der Waals surface area contributed by atoms with Crippen molar-refractivity contribution in [2.24, 2.45) is 34.8 Å². The van der Waals surface area contributed by atoms with Crippen LogP contribution in [0, 0.1) is 39.2 Å². The molecule has 0 heterocycles. The number of rotatable bonds is 8. The molecule has 6 unspecified atom stereocenters. The van der Waals surface area contributed by atoms with Crippen LogP contribution in [0.2, 0.25) is 0 Å². The lowest BCUT2D eigenvalue weighted by Gasteiger charge is -2.52. The number of nitrogens with one attached hydrogen (secondary N) is 1. The number of nitro groups is 1. The Morgan fingerprint density at radius 3 is 2.19 bits per heavy atom. The summed E-state index contributed by atoms with van der Waals surface area (Å²) in [5.41, 5.74) is 3.22. The fourth-order valence-electron chi connectivity index (χ4n) is 8.07. The molecule has 0 aromatic heterocycles. The molecule has 16 nitrogen and oxygen atoms in total. The first-order chi connectivity index (χ1) is 24.1. The van der Waals surface area contributed by atoms with Gasteiger partial charge in [0.1, 0.15) is 5.75 Å². The fourth-order valence-corrected chi connectivity index (χ4v) is 8.07. The van der Waals surface area contributed by atoms with Crippen molar-refractivity contribution in [3.63, 3.8) is 0 Å². The Morgan fingerprint density at radius 1 is 1.06 bits per heavy atom. The highest BCUT2D eigenvalue weighted by Gasteiger charge is 2.69. The van der Waals surface area contributed by atoms with Crippen molar-refractivity contribution in [2.75, 3.05) is 45.0 Å². The normalized spacial score (nSPS) is 25.6. The number of fused-ring (bicyclic) bond motifs is 3. The van der Waals surface area contributed by atoms with Gasteiger partial charge in [-0.3, -0.25) is 39.0 Å². The topological polar surface area (TPSA) is 234 Å². The van der Waals surface area contributed by atoms with Crippen LogP contribution in [0.5, 0.6) is 5.75 Å². The summed E-state index contributed by atoms with van der Waals surface area (Å²) in [5, 5.41) is 37.5. The second-order valence-electron chi connectivity index (χ2n) is 15.6. The average Bonchev–Trinajstić information content (AvgIpc) is 3.02. The maximum atomic E-state index is 14.5. The SMILES string of the molecule is CN(C)c1cc(CN(CC(C)(C)C)C(=O)Nc2ccc([N+](=O)[O-])cc2)c(O)c2c1CC1CC3C(N(C)C)C(=O)C(C(N)=O)C(=O)C3(O)C(=O)C1C2=O. The fraction of sp³-hybridized carbons (Fsp3) is 0.500. The summed E-state index contributed by atoms with van der Waals surface area (Å²) in [6.45, 7) is 5.69. The first-order valence-corrected chi connectivity index (χ1v) is 16.8. The van der Waals surface area contributed by atoms with Crippen molar-refractivity contribution in [2.45, 2.75) is 51.8 Å². The number of aliphatic hydroxyl groups is 1. The first kappa shape index (κ1) is 38.0. The van der Waals surface area contributed by atoms with Crippen molar-refractivity contribution >= 4 is 52.1 Å². The number of ketones is 4. The van der Waals surface area contributed by atoms with Gasteiger partial charge in [0.2, 0.25) is 5.91 Å². The maximum absolute atomic E-state index is 14.5. The number of carbonyl (C=O) groups is 6. The Kier molecular flexibility index (Phi) is 9.80. The molecule has 0 saturated heterocycles. The monoisotopic (exact) mass is 720 g/mol. The van der Waals surface area contributed by atoms with E-state index in [1.54, 1.807) is 25.1 Å². The molecule has 2 aromatic rings. The molecule has 5 N–H and O–H groups in total. The number of phenolic OH excluding ortho intramolecular Hbond substituents is 1. The standard InChI is InChI=1S/C36H44N6O10/c1-35(2,3)16-41(34(49)38-19-8-10-20(11-9-19)42(51)52)15-18-14-23(39(4)5)21-12-17-13-22-27(40(6)7)30(45)26(33(37)48)32(47)36(22,50)31(46)24(17)29(44)25(21)28(18)43/h8-11,14,17,22,24,26-27,43,50H,12-13,15-16H2,1-7H3,(H2,37,48)(H,38,49). The Bertz CT molecular complexity index is 1880. The summed E-state index contributed by atoms with van der Waals surface area (Å²) < 4.78 is 0. The molecule has 6 atom stereocenters. The van der Waals surface area contributed by atoms with Gasteiger partial charge in [-0.2, -0.15) is 0 Å². The van der Waals surface area contributed by atoms with Crippen molar-refractivity contribution in [3.8, 4) is 5.75 Å². The number of likely N-dealkylation sites (N-methyl/N-ethyl adjacent to an activating group) is 1. The summed E-state index contributed by atoms with van der Waals surface area (Å²) in [6.07, 6.45) is 0.000971. The number of nitrogens with two attached hydrogens (primary N) is 1. The van der Waals surface area contributed by atoms with Crippen LogP contribution in [-0.2, 0) is 32.1 Å². The first-order valence-electron chi connectivity index (χ1n) is 16.8. The Morgan fingerprint density at radius 2 is 1.67 bits per heavy atom. The molecule has 0 spiro atoms. The van der Waals surface area contributed by atoms with Gasteiger partial charge in [-0.25, -0.2) is 4.79 Å². The van der Waals surface area contributed by atoms with Gasteiger partial charge in [0.25, 0.3) is 5.69 Å². The van der Waals surface area contributed by atoms with E-state index in [1.165, 1.54) is 48.2 Å². The largest absolute Gasteiger partial charge is 0.507 e. The van der Waals surface area contributed by atoms with Crippen molar-refractivity contribution in [1.82, 2.24) is 9.80 Å². The summed E-state index contributed by atoms with van der Waals surface area (Å²) in [4.78, 5) is 96.8. The van der Waals surface area contributed by atoms with E-state index in [9.17, 15) is 49.1 Å². The number of carbonyl (C=O) groups excluding carboxylic acids is 6. The highest BCUT2D eigenvalue weighted by atomic mass is 16.6. The Balaban J connectivity index is 1.56. The average molecular weight is 721 g/mol. The predicted molar refractivity (Wildman–Crippen MR) is 188 cm³/mol. The highest BCUT2D eigenvalue weighted by molar-refractivity contribution is 6.32. The number of aromatic hydroxyl groups is 1. The molecule has 3 amide bonds. The lowest BCUT2D eigenvalue weighted by Crippen LogP contribution is -2.74. The molecule has 3 aliphatic rings. The lowest BCUT2D eigenvalue weighted by molar-refractivity contribution is -0.384. The van der Waals surface area contributed by atoms with Gasteiger partial charge in [0.15, 0.2) is 34.7 Å². The number of Topliss-reactive ketones (excluding diaryl/α,β-unsaturated/α-hetero) is 4. The third-order valence-corrected chi connectivity index (χ3v) is 10.2. The number of non-ortho nitro benzene ring substituents is 1. The van der Waals surface area contributed by atoms with Gasteiger partial charge in [0.05, 0.1) is 29.0 Å². The quantitative estimate of drug-likeness (QED) is 0.174. The second-order valence-corrected chi connectivity index (χ2v) is 15.6. The number of amides is 3. The molecule has 52 heavy (non-hydrogen) atoms. The Labute approximate surface area is 300 Å². The number of primary amides is 1. The third-order valence-electron chi connectivity index (χ3n) is 10.2. The smallest absolute Gasteiger partial charge is 0.322 e. The number of nitro benzene ring substituents is 1. The molecular weight excluding hydrogens is 676 g/mol. The number of hydrogen-bond donors (Lipinski definition) is 4. The summed E-state index contributed by atoms with van der Waals surface area (Å²) in [5.74, 6) is -11.6. The molecule has 0 bridgehead atoms. The summed E-state index contributed by atoms with van der Waals surface area (Å²) in [6, 6.07) is 5.14. The van der Waals surface area contributed by atoms with Crippen LogP contribution in [0.4, 0.5) is 21.9 Å². The van der Waals surface area contributed by atoms with Crippen molar-refractivity contribution < 1.29 is 43.9 Å². The molecule has 2 aromatic carbocycles. The van der Waals surface area contributed by atoms with E-state index in [1.807, 2.05) is 20.8 Å². The van der Waals surface area contributed by atoms with Crippen LogP contribution in [0.15, 0.2) is 30.3 Å². The number of nitrogens with zero attached hydrogens (tertiary/aromatic N) is 4. The minimum atomic E-state index is -2.85. The number of urea groups is 1. The lowest BCUT2D eigenvalue weighted by atomic mass is 9.52. The van der Waals surface area contributed by atoms with Gasteiger partial charge in [0, 0.05) is 55.6 Å². The van der Waals surface area contributed by atoms with Crippen LogP contribution < -0.4 is 16.0 Å². The van der Waals surface area contributed by atoms with E-state index in [2.05, 4.69) is 5.32 Å². The number of anilines is 2. The van der Waals surface area contributed by atoms with Crippen LogP contribution in [0.1, 0.15) is 48.7 Å². The number of hydrogen-bond acceptors (Lipinski definition) is 12. The molecule has 3 aliphatic carbocycles. The van der Waals surface area contributed by atoms with Gasteiger partial charge in [-0.15, -0.1) is 0 Å². The molecule has 0 aliphatic heterocycles. The van der Waals surface area contributed by atoms with E-state index in [0.29, 0.717) is 16.9 Å². The molecule has 2 saturated carbocycles. The van der Waals surface area contributed by atoms with Gasteiger partial charge < -0.3 is 31.1 Å². The second kappa shape index (κ2) is 13.4. The molecule has 0 radical (unpaired) electrons. The Hall–Kier alpha value is -5.22. The van der Waals surface area contributed by atoms with Gasteiger partial charge in [-0.05, 0) is 62.0 Å². The molecule has 16 heteroatoms. The van der Waals surface area contributed by atoms with E-state index in [0.717, 1.165) is 0 Å². The van der Waals surface area contributed by atoms with E-state index >= 15 is 0 Å². The predicted octanol–water partition coefficient (Wildman–Crippen LogP) is 1.92. The zero-order valence-electron chi connectivity index (χ0n) is 30.1. The van der Waals surface area contributed by atoms with E-state index in [-0.39, 0.29) is 42.7 Å². The van der Waals surface area contributed by atoms with Crippen LogP contribution in [0.25, 0.3) is 0 Å². The minimum Gasteiger partial charge on any atom is -0.507 e. The van der Waals surface area contributed by atoms with Crippen molar-refractivity contribution in [1.29, 1.82) is 0 Å². The zero-order valence-corrected chi connectivity index (χ0v) is 30.1. The zero-order chi connectivity index (χ0) is 38.8. The minimum absolute atomic E-state index is 0.0819. The van der Waals surface area contributed by atoms with Gasteiger partial charge in [-0.1, -0.05) is 20.8 Å². The van der Waals surface area contributed by atoms with Gasteiger partial charge >= 0.3 is 6.03 Å². The summed E-state index contributed by atoms with van der Waals surface area (Å²) >= 11 is 0. The third kappa shape index (κ3) is 6.40. The van der Waals surface area contributed by atoms with Crippen LogP contribution >= 0.6 is 0 Å². The molecule has 5 rings (SSSR count). The highest BCUT2D eigenvalue weighted by Crippen LogP contribution is 2.52. The van der Waals surface area contributed by atoms with E-state index < -0.39 is 86.5 Å². The molecular formula is C36H44N6O10. The number of phenols is 1.